The molecular weight excluding hydrogens is 448 g/mol. The molecule has 0 fully saturated rings. The van der Waals surface area contributed by atoms with E-state index in [1.165, 1.54) is 43.4 Å². The fraction of sp³-hybridized carbons (Fsp3) is 0.179. The SMILES string of the molecule is CC1(C(=O)O)C=CC(C(=O)O)=C(c2c3ccc(=O)cc-3oc3c2C=CCC32C=CC(O)=CC2)C=C1. The third-order valence-electron chi connectivity index (χ3n) is 6.86. The molecule has 3 N–H and O–H groups in total. The number of aliphatic carboxylic acids is 2. The Morgan fingerprint density at radius 1 is 1.00 bits per heavy atom. The van der Waals surface area contributed by atoms with Gasteiger partial charge in [0, 0.05) is 22.8 Å². The van der Waals surface area contributed by atoms with Gasteiger partial charge >= 0.3 is 11.9 Å². The number of benzene rings is 1. The maximum atomic E-state index is 12.3. The highest BCUT2D eigenvalue weighted by Gasteiger charge is 2.39. The van der Waals surface area contributed by atoms with Crippen molar-refractivity contribution in [2.75, 3.05) is 0 Å². The largest absolute Gasteiger partial charge is 0.508 e. The van der Waals surface area contributed by atoms with Crippen LogP contribution in [-0.4, -0.2) is 27.3 Å². The summed E-state index contributed by atoms with van der Waals surface area (Å²) in [4.78, 5) is 36.4. The fourth-order valence-electron chi connectivity index (χ4n) is 4.80. The van der Waals surface area contributed by atoms with E-state index in [9.17, 15) is 29.7 Å². The van der Waals surface area contributed by atoms with Crippen LogP contribution in [0.25, 0.3) is 23.0 Å². The average molecular weight is 470 g/mol. The van der Waals surface area contributed by atoms with E-state index in [-0.39, 0.29) is 16.8 Å². The summed E-state index contributed by atoms with van der Waals surface area (Å²) in [7, 11) is 0. The molecule has 7 nitrogen and oxygen atoms in total. The molecule has 1 spiro atoms. The molecule has 2 unspecified atom stereocenters. The van der Waals surface area contributed by atoms with E-state index in [0.717, 1.165) is 0 Å². The maximum absolute atomic E-state index is 12.3. The van der Waals surface area contributed by atoms with Crippen molar-refractivity contribution in [3.05, 3.63) is 105 Å². The molecule has 0 bridgehead atoms. The molecule has 176 valence electrons. The number of hydrogen-bond acceptors (Lipinski definition) is 5. The summed E-state index contributed by atoms with van der Waals surface area (Å²) in [6, 6.07) is 4.35. The number of carboxylic acid groups (broad SMARTS) is 2. The number of aliphatic hydroxyl groups excluding tert-OH is 1. The molecule has 1 heterocycles. The number of fused-ring (bicyclic) bond motifs is 3. The van der Waals surface area contributed by atoms with Gasteiger partial charge in [-0.2, -0.15) is 0 Å². The molecule has 2 atom stereocenters. The first-order chi connectivity index (χ1) is 16.6. The third kappa shape index (κ3) is 3.56. The van der Waals surface area contributed by atoms with Gasteiger partial charge in [-0.05, 0) is 55.7 Å². The highest BCUT2D eigenvalue weighted by molar-refractivity contribution is 6.06. The lowest BCUT2D eigenvalue weighted by atomic mass is 9.70. The summed E-state index contributed by atoms with van der Waals surface area (Å²) in [6.07, 6.45) is 15.7. The summed E-state index contributed by atoms with van der Waals surface area (Å²) in [5.41, 5.74) is -0.316. The third-order valence-corrected chi connectivity index (χ3v) is 6.86. The van der Waals surface area contributed by atoms with E-state index >= 15 is 0 Å². The molecule has 1 aliphatic heterocycles. The molecule has 0 aromatic rings. The number of allylic oxidation sites excluding steroid dienone is 6. The number of rotatable bonds is 3. The molecule has 5 aliphatic rings. The molecular formula is C28H22O7. The van der Waals surface area contributed by atoms with Crippen molar-refractivity contribution in [2.45, 2.75) is 25.2 Å². The van der Waals surface area contributed by atoms with Gasteiger partial charge in [-0.15, -0.1) is 0 Å². The van der Waals surface area contributed by atoms with Crippen LogP contribution in [0.5, 0.6) is 0 Å². The van der Waals surface area contributed by atoms with Crippen molar-refractivity contribution in [1.29, 1.82) is 0 Å². The number of aliphatic hydroxyl groups is 1. The minimum absolute atomic E-state index is 0.0723. The maximum Gasteiger partial charge on any atom is 0.336 e. The van der Waals surface area contributed by atoms with Gasteiger partial charge in [-0.25, -0.2) is 4.79 Å². The lowest BCUT2D eigenvalue weighted by Crippen LogP contribution is -2.28. The van der Waals surface area contributed by atoms with Crippen LogP contribution >= 0.6 is 0 Å². The quantitative estimate of drug-likeness (QED) is 0.585. The summed E-state index contributed by atoms with van der Waals surface area (Å²) in [5.74, 6) is -1.32. The minimum atomic E-state index is -1.40. The Bertz CT molecular complexity index is 1490. The summed E-state index contributed by atoms with van der Waals surface area (Å²) >= 11 is 0. The first-order valence-corrected chi connectivity index (χ1v) is 11.1. The van der Waals surface area contributed by atoms with Crippen molar-refractivity contribution in [2.24, 2.45) is 5.41 Å². The topological polar surface area (TPSA) is 125 Å². The van der Waals surface area contributed by atoms with E-state index in [1.807, 2.05) is 18.2 Å². The molecule has 7 heteroatoms. The van der Waals surface area contributed by atoms with Crippen molar-refractivity contribution >= 4 is 23.6 Å². The van der Waals surface area contributed by atoms with E-state index in [1.54, 1.807) is 18.2 Å². The Labute approximate surface area is 200 Å². The van der Waals surface area contributed by atoms with Gasteiger partial charge in [0.05, 0.1) is 11.0 Å². The summed E-state index contributed by atoms with van der Waals surface area (Å²) in [6.45, 7) is 1.49. The highest BCUT2D eigenvalue weighted by atomic mass is 16.4. The van der Waals surface area contributed by atoms with E-state index in [4.69, 9.17) is 4.42 Å². The predicted octanol–water partition coefficient (Wildman–Crippen LogP) is 4.86. The van der Waals surface area contributed by atoms with Gasteiger partial charge in [0.15, 0.2) is 5.43 Å². The fourth-order valence-corrected chi connectivity index (χ4v) is 4.80. The molecule has 0 amide bonds. The molecule has 0 radical (unpaired) electrons. The molecule has 5 rings (SSSR count). The minimum Gasteiger partial charge on any atom is -0.508 e. The molecule has 0 aromatic heterocycles. The molecule has 0 saturated heterocycles. The van der Waals surface area contributed by atoms with Crippen LogP contribution in [0.2, 0.25) is 0 Å². The molecule has 35 heavy (non-hydrogen) atoms. The van der Waals surface area contributed by atoms with Gasteiger partial charge in [0.1, 0.15) is 22.7 Å². The Hall–Kier alpha value is -4.39. The van der Waals surface area contributed by atoms with Crippen LogP contribution in [0.1, 0.15) is 36.7 Å². The van der Waals surface area contributed by atoms with Gasteiger partial charge in [0.25, 0.3) is 0 Å². The Balaban J connectivity index is 1.87. The van der Waals surface area contributed by atoms with Gasteiger partial charge in [0.2, 0.25) is 0 Å². The molecule has 0 saturated carbocycles. The first-order valence-electron chi connectivity index (χ1n) is 11.1. The van der Waals surface area contributed by atoms with Crippen LogP contribution in [0.4, 0.5) is 0 Å². The van der Waals surface area contributed by atoms with Crippen molar-refractivity contribution in [1.82, 2.24) is 0 Å². The molecule has 0 aromatic carbocycles. The lowest BCUT2D eigenvalue weighted by molar-refractivity contribution is -0.143. The number of hydrogen-bond donors (Lipinski definition) is 3. The van der Waals surface area contributed by atoms with Crippen molar-refractivity contribution in [3.63, 3.8) is 0 Å². The van der Waals surface area contributed by atoms with Crippen LogP contribution in [-0.2, 0) is 15.0 Å². The smallest absolute Gasteiger partial charge is 0.336 e. The lowest BCUT2D eigenvalue weighted by Gasteiger charge is -2.35. The second kappa shape index (κ2) is 7.84. The average Bonchev–Trinajstić information content (AvgIpc) is 3.00. The normalized spacial score (nSPS) is 25.0. The Kier molecular flexibility index (Phi) is 5.02. The zero-order valence-electron chi connectivity index (χ0n) is 18.8. The standard InChI is InChI=1S/C28H22O7/c1-27(26(33)34)11-8-18(19(9-12-27)25(31)32)23-20-5-4-17(30)15-22(20)35-24-21(23)3-2-10-28(24)13-6-16(29)7-14-28/h2-9,11-13,15,29H,10,14H2,1H3,(H,31,32)(H,33,34). The monoisotopic (exact) mass is 470 g/mol. The van der Waals surface area contributed by atoms with Gasteiger partial charge < -0.3 is 19.7 Å². The van der Waals surface area contributed by atoms with Crippen LogP contribution in [0, 0.1) is 5.41 Å². The zero-order valence-corrected chi connectivity index (χ0v) is 18.8. The van der Waals surface area contributed by atoms with Crippen LogP contribution in [0.15, 0.2) is 87.4 Å². The zero-order chi connectivity index (χ0) is 25.0. The number of carbonyl (C=O) groups is 2. The Morgan fingerprint density at radius 3 is 2.46 bits per heavy atom. The summed E-state index contributed by atoms with van der Waals surface area (Å²) in [5, 5.41) is 29.7. The van der Waals surface area contributed by atoms with Crippen molar-refractivity contribution < 1.29 is 29.3 Å². The van der Waals surface area contributed by atoms with E-state index < -0.39 is 22.8 Å². The van der Waals surface area contributed by atoms with Crippen molar-refractivity contribution in [3.8, 4) is 11.3 Å². The second-order valence-corrected chi connectivity index (χ2v) is 9.19. The highest BCUT2D eigenvalue weighted by Crippen LogP contribution is 2.49. The van der Waals surface area contributed by atoms with Crippen LogP contribution < -0.4 is 5.43 Å². The number of carboxylic acids is 2. The van der Waals surface area contributed by atoms with Crippen LogP contribution in [0.3, 0.4) is 0 Å². The molecule has 4 aliphatic carbocycles. The summed E-state index contributed by atoms with van der Waals surface area (Å²) < 4.78 is 6.31. The Morgan fingerprint density at radius 2 is 1.77 bits per heavy atom. The predicted molar refractivity (Wildman–Crippen MR) is 130 cm³/mol. The second-order valence-electron chi connectivity index (χ2n) is 9.19. The first kappa shape index (κ1) is 22.4. The van der Waals surface area contributed by atoms with Gasteiger partial charge in [-0.1, -0.05) is 36.5 Å². The van der Waals surface area contributed by atoms with E-state index in [2.05, 4.69) is 0 Å². The van der Waals surface area contributed by atoms with E-state index in [0.29, 0.717) is 46.6 Å². The van der Waals surface area contributed by atoms with Gasteiger partial charge in [-0.3, -0.25) is 9.59 Å².